The number of allylic oxidation sites excluding steroid dienone is 3. The van der Waals surface area contributed by atoms with Gasteiger partial charge in [-0.05, 0) is 84.1 Å². The molecule has 4 aliphatic rings. The predicted molar refractivity (Wildman–Crippen MR) is 180 cm³/mol. The second-order valence-electron chi connectivity index (χ2n) is 12.1. The molecule has 0 aromatic carbocycles. The summed E-state index contributed by atoms with van der Waals surface area (Å²) in [5.74, 6) is -9.59. The van der Waals surface area contributed by atoms with Gasteiger partial charge in [-0.1, -0.05) is 12.8 Å². The molecule has 4 rings (SSSR count). The van der Waals surface area contributed by atoms with Gasteiger partial charge in [0.05, 0.1) is 25.0 Å². The quantitative estimate of drug-likeness (QED) is 0.0764. The maximum Gasteiger partial charge on any atom is 0.375 e. The summed E-state index contributed by atoms with van der Waals surface area (Å²) in [5, 5.41) is 44.4. The van der Waals surface area contributed by atoms with Gasteiger partial charge in [-0.2, -0.15) is 0 Å². The number of ketones is 5. The first-order chi connectivity index (χ1) is 24.6. The Morgan fingerprint density at radius 2 is 1.08 bits per heavy atom. The molecular weight excluding hydrogens is 688 g/mol. The highest BCUT2D eigenvalue weighted by molar-refractivity contribution is 6.38. The van der Waals surface area contributed by atoms with Gasteiger partial charge in [0.15, 0.2) is 5.78 Å². The average molecular weight is 737 g/mol. The van der Waals surface area contributed by atoms with Crippen LogP contribution in [0.2, 0.25) is 0 Å². The molecule has 0 amide bonds. The molecule has 3 saturated carbocycles. The van der Waals surface area contributed by atoms with Gasteiger partial charge in [-0.3, -0.25) is 24.0 Å². The lowest BCUT2D eigenvalue weighted by Crippen LogP contribution is -2.33. The van der Waals surface area contributed by atoms with E-state index in [2.05, 4.69) is 9.47 Å². The van der Waals surface area contributed by atoms with Crippen molar-refractivity contribution in [2.75, 3.05) is 13.2 Å². The van der Waals surface area contributed by atoms with Crippen molar-refractivity contribution in [3.8, 4) is 0 Å². The number of carboxylic acids is 2. The molecule has 0 aromatic heterocycles. The smallest absolute Gasteiger partial charge is 0.375 e. The molecule has 16 nitrogen and oxygen atoms in total. The highest BCUT2D eigenvalue weighted by atomic mass is 16.5. The highest BCUT2D eigenvalue weighted by Gasteiger charge is 2.34. The third kappa shape index (κ3) is 14.6. The summed E-state index contributed by atoms with van der Waals surface area (Å²) in [6.07, 6.45) is 10.9. The van der Waals surface area contributed by atoms with Gasteiger partial charge < -0.3 is 35.0 Å². The summed E-state index contributed by atoms with van der Waals surface area (Å²) in [7, 11) is 0. The molecule has 0 spiro atoms. The topological polar surface area (TPSA) is 273 Å². The fourth-order valence-electron chi connectivity index (χ4n) is 5.60. The van der Waals surface area contributed by atoms with Gasteiger partial charge in [0.2, 0.25) is 23.1 Å². The van der Waals surface area contributed by atoms with Crippen molar-refractivity contribution in [3.63, 3.8) is 0 Å². The van der Waals surface area contributed by atoms with E-state index in [1.54, 1.807) is 13.8 Å². The molecule has 0 radical (unpaired) electrons. The van der Waals surface area contributed by atoms with Crippen molar-refractivity contribution < 1.29 is 78.2 Å². The minimum atomic E-state index is -1.49. The first-order valence-electron chi connectivity index (χ1n) is 17.3. The maximum atomic E-state index is 11.4. The first-order valence-corrected chi connectivity index (χ1v) is 17.3. The third-order valence-corrected chi connectivity index (χ3v) is 8.37. The van der Waals surface area contributed by atoms with E-state index in [1.165, 1.54) is 6.08 Å². The van der Waals surface area contributed by atoms with E-state index < -0.39 is 58.8 Å². The van der Waals surface area contributed by atoms with Crippen LogP contribution in [0.15, 0.2) is 34.5 Å². The molecule has 0 saturated heterocycles. The summed E-state index contributed by atoms with van der Waals surface area (Å²) in [5.41, 5.74) is 0.364. The van der Waals surface area contributed by atoms with Gasteiger partial charge >= 0.3 is 23.9 Å². The number of aliphatic hydroxyl groups is 3. The second-order valence-corrected chi connectivity index (χ2v) is 12.1. The second kappa shape index (κ2) is 23.3. The molecule has 5 N–H and O–H groups in total. The maximum absolute atomic E-state index is 11.4. The van der Waals surface area contributed by atoms with Crippen molar-refractivity contribution >= 4 is 52.8 Å². The van der Waals surface area contributed by atoms with Crippen molar-refractivity contribution in [2.45, 2.75) is 110 Å². The molecule has 0 bridgehead atoms. The van der Waals surface area contributed by atoms with Crippen LogP contribution in [0.1, 0.15) is 110 Å². The molecule has 2 unspecified atom stereocenters. The van der Waals surface area contributed by atoms with Crippen LogP contribution >= 0.6 is 0 Å². The Balaban J connectivity index is 0.000000348. The first kappa shape index (κ1) is 44.9. The van der Waals surface area contributed by atoms with Crippen LogP contribution in [-0.4, -0.2) is 91.5 Å². The molecule has 52 heavy (non-hydrogen) atoms. The van der Waals surface area contributed by atoms with Crippen LogP contribution < -0.4 is 0 Å². The Hall–Kier alpha value is -5.15. The highest BCUT2D eigenvalue weighted by Crippen LogP contribution is 2.25. The largest absolute Gasteiger partial charge is 0.508 e. The lowest BCUT2D eigenvalue weighted by molar-refractivity contribution is -0.157. The Morgan fingerprint density at radius 1 is 0.596 bits per heavy atom. The molecule has 4 aliphatic carbocycles. The van der Waals surface area contributed by atoms with E-state index in [0.717, 1.165) is 51.4 Å². The number of rotatable bonds is 8. The average Bonchev–Trinajstić information content (AvgIpc) is 3.12. The predicted octanol–water partition coefficient (Wildman–Crippen LogP) is 4.29. The number of hydrogen-bond donors (Lipinski definition) is 5. The summed E-state index contributed by atoms with van der Waals surface area (Å²) in [6.45, 7) is 3.66. The van der Waals surface area contributed by atoms with Crippen LogP contribution in [0.25, 0.3) is 0 Å². The van der Waals surface area contributed by atoms with E-state index in [9.17, 15) is 48.3 Å². The minimum absolute atomic E-state index is 0.110. The molecule has 0 heterocycles. The van der Waals surface area contributed by atoms with E-state index in [1.807, 2.05) is 0 Å². The van der Waals surface area contributed by atoms with Gasteiger partial charge in [-0.25, -0.2) is 19.2 Å². The Bertz CT molecular complexity index is 1460. The molecule has 0 aliphatic heterocycles. The summed E-state index contributed by atoms with van der Waals surface area (Å²) in [6, 6.07) is 0. The van der Waals surface area contributed by atoms with Crippen molar-refractivity contribution in [3.05, 3.63) is 34.5 Å². The summed E-state index contributed by atoms with van der Waals surface area (Å²) in [4.78, 5) is 98.7. The van der Waals surface area contributed by atoms with Gasteiger partial charge in [0, 0.05) is 30.4 Å². The van der Waals surface area contributed by atoms with E-state index >= 15 is 0 Å². The molecule has 16 heteroatoms. The number of ether oxygens (including phenoxy) is 2. The molecule has 288 valence electrons. The van der Waals surface area contributed by atoms with Crippen LogP contribution in [0.5, 0.6) is 0 Å². The van der Waals surface area contributed by atoms with Crippen LogP contribution in [0.3, 0.4) is 0 Å². The zero-order chi connectivity index (χ0) is 39.4. The minimum Gasteiger partial charge on any atom is -0.508 e. The standard InChI is InChI=1S/2C10H14O4.2C8H10O4/c2*1-2-14-10(13)9(12)7-5-3-4-6-8(7)11;2*9-6-4-2-1-3-5(6)7(10)8(11)12/h12H,2-6H2,1H3;7H,2-6H2,1H3;5H,1-4H2,(H,11,12);4,9-10H,1-3H2,(H,11,12)/b;;;7-5-. The SMILES string of the molecule is CCOC(=O)C(=O)C1CCCCC1=O.CCOC(=O)C(O)=C1CCCCC1=O.O=C(O)/C(O)=C1\CCCC=C1O.O=C(O)C(=O)C1CCCCC1=O. The third-order valence-electron chi connectivity index (χ3n) is 8.37. The number of esters is 2. The van der Waals surface area contributed by atoms with E-state index in [4.69, 9.17) is 20.4 Å². The van der Waals surface area contributed by atoms with E-state index in [-0.39, 0.29) is 47.5 Å². The number of hydrogen-bond acceptors (Lipinski definition) is 14. The van der Waals surface area contributed by atoms with Crippen LogP contribution in [0, 0.1) is 11.8 Å². The van der Waals surface area contributed by atoms with Gasteiger partial charge in [0.1, 0.15) is 17.3 Å². The number of carbonyl (C=O) groups excluding carboxylic acids is 7. The zero-order valence-electron chi connectivity index (χ0n) is 29.5. The van der Waals surface area contributed by atoms with Gasteiger partial charge in [0.25, 0.3) is 0 Å². The van der Waals surface area contributed by atoms with Gasteiger partial charge in [-0.15, -0.1) is 0 Å². The summed E-state index contributed by atoms with van der Waals surface area (Å²) >= 11 is 0. The monoisotopic (exact) mass is 736 g/mol. The number of Topliss-reactive ketones (excluding diaryl/α,β-unsaturated/α-hetero) is 5. The van der Waals surface area contributed by atoms with Crippen molar-refractivity contribution in [1.82, 2.24) is 0 Å². The van der Waals surface area contributed by atoms with Crippen LogP contribution in [0.4, 0.5) is 0 Å². The van der Waals surface area contributed by atoms with E-state index in [0.29, 0.717) is 44.9 Å². The molecular formula is C36H48O16. The lowest BCUT2D eigenvalue weighted by Gasteiger charge is -2.17. The molecule has 0 aromatic rings. The Morgan fingerprint density at radius 3 is 1.54 bits per heavy atom. The number of aliphatic carboxylic acids is 2. The Kier molecular flexibility index (Phi) is 20.1. The molecule has 3 fully saturated rings. The fourth-order valence-corrected chi connectivity index (χ4v) is 5.60. The number of aliphatic hydroxyl groups excluding tert-OH is 3. The molecule has 2 atom stereocenters. The Labute approximate surface area is 300 Å². The van der Waals surface area contributed by atoms with Crippen molar-refractivity contribution in [1.29, 1.82) is 0 Å². The zero-order valence-corrected chi connectivity index (χ0v) is 29.5. The summed E-state index contributed by atoms with van der Waals surface area (Å²) < 4.78 is 9.17. The number of carbonyl (C=O) groups is 9. The fraction of sp³-hybridized carbons (Fsp3) is 0.583. The van der Waals surface area contributed by atoms with Crippen molar-refractivity contribution in [2.24, 2.45) is 11.8 Å². The number of carboxylic acid groups (broad SMARTS) is 2. The lowest BCUT2D eigenvalue weighted by atomic mass is 9.85. The normalized spacial score (nSPS) is 21.8. The van der Waals surface area contributed by atoms with Crippen LogP contribution in [-0.2, 0) is 52.6 Å².